The number of hydrogen-bond donors (Lipinski definition) is 0. The van der Waals surface area contributed by atoms with Crippen molar-refractivity contribution in [1.82, 2.24) is 14.8 Å². The van der Waals surface area contributed by atoms with Crippen LogP contribution >= 0.6 is 11.8 Å². The molecule has 29 heavy (non-hydrogen) atoms. The molecular weight excluding hydrogens is 380 g/mol. The fourth-order valence-corrected chi connectivity index (χ4v) is 5.23. The van der Waals surface area contributed by atoms with Gasteiger partial charge in [-0.15, -0.1) is 10.2 Å². The standard InChI is InChI=1S/C23H26N4OS/c1-17-7-5-6-10-20(17)21(18-8-3-2-4-9-18)29-23-25-24-22(27(23)19-11-12-19)26-13-15-28-16-14-26/h2-10,19,21H,11-16H2,1H3/t21-/m0/s1. The van der Waals surface area contributed by atoms with Gasteiger partial charge in [-0.3, -0.25) is 4.57 Å². The van der Waals surface area contributed by atoms with Crippen molar-refractivity contribution >= 4 is 17.7 Å². The summed E-state index contributed by atoms with van der Waals surface area (Å²) >= 11 is 1.82. The fourth-order valence-electron chi connectivity index (χ4n) is 3.91. The molecule has 0 N–H and O–H groups in total. The van der Waals surface area contributed by atoms with Gasteiger partial charge < -0.3 is 9.64 Å². The highest BCUT2D eigenvalue weighted by molar-refractivity contribution is 7.99. The number of aromatic nitrogens is 3. The van der Waals surface area contributed by atoms with E-state index in [-0.39, 0.29) is 5.25 Å². The molecule has 2 aromatic carbocycles. The van der Waals surface area contributed by atoms with Crippen LogP contribution in [0.1, 0.15) is 40.8 Å². The Balaban J connectivity index is 1.52. The smallest absolute Gasteiger partial charge is 0.228 e. The Kier molecular flexibility index (Phi) is 5.29. The Hall–Kier alpha value is -2.31. The maximum atomic E-state index is 5.53. The highest BCUT2D eigenvalue weighted by Gasteiger charge is 2.33. The molecular formula is C23H26N4OS. The lowest BCUT2D eigenvalue weighted by atomic mass is 10.0. The van der Waals surface area contributed by atoms with E-state index in [4.69, 9.17) is 4.74 Å². The predicted octanol–water partition coefficient (Wildman–Crippen LogP) is 4.64. The third-order valence-corrected chi connectivity index (χ3v) is 6.90. The quantitative estimate of drug-likeness (QED) is 0.558. The van der Waals surface area contributed by atoms with E-state index in [0.29, 0.717) is 6.04 Å². The van der Waals surface area contributed by atoms with Crippen molar-refractivity contribution in [1.29, 1.82) is 0 Å². The van der Waals surface area contributed by atoms with Gasteiger partial charge in [-0.1, -0.05) is 66.4 Å². The number of ether oxygens (including phenoxy) is 1. The van der Waals surface area contributed by atoms with Crippen LogP contribution in [0.2, 0.25) is 0 Å². The molecule has 0 radical (unpaired) electrons. The Morgan fingerprint density at radius 3 is 2.41 bits per heavy atom. The third kappa shape index (κ3) is 3.91. The zero-order valence-electron chi connectivity index (χ0n) is 16.7. The second-order valence-corrected chi connectivity index (χ2v) is 8.82. The van der Waals surface area contributed by atoms with Crippen LogP contribution in [0, 0.1) is 6.92 Å². The zero-order valence-corrected chi connectivity index (χ0v) is 17.5. The van der Waals surface area contributed by atoms with Gasteiger partial charge in [0.1, 0.15) is 0 Å². The van der Waals surface area contributed by atoms with Crippen LogP contribution in [0.25, 0.3) is 0 Å². The molecule has 1 saturated heterocycles. The fraction of sp³-hybridized carbons (Fsp3) is 0.391. The minimum absolute atomic E-state index is 0.191. The molecule has 2 aliphatic rings. The molecule has 2 heterocycles. The van der Waals surface area contributed by atoms with E-state index in [1.807, 2.05) is 11.8 Å². The summed E-state index contributed by atoms with van der Waals surface area (Å²) in [7, 11) is 0. The average Bonchev–Trinajstić information content (AvgIpc) is 3.53. The maximum Gasteiger partial charge on any atom is 0.228 e. The Labute approximate surface area is 176 Å². The molecule has 0 bridgehead atoms. The minimum atomic E-state index is 0.191. The third-order valence-electron chi connectivity index (χ3n) is 5.65. The topological polar surface area (TPSA) is 43.2 Å². The van der Waals surface area contributed by atoms with Crippen molar-refractivity contribution in [2.45, 2.75) is 36.2 Å². The molecule has 0 unspecified atom stereocenters. The molecule has 1 aliphatic carbocycles. The van der Waals surface area contributed by atoms with Gasteiger partial charge >= 0.3 is 0 Å². The maximum absolute atomic E-state index is 5.53. The number of aryl methyl sites for hydroxylation is 1. The second-order valence-electron chi connectivity index (χ2n) is 7.75. The number of nitrogens with zero attached hydrogens (tertiary/aromatic N) is 4. The lowest BCUT2D eigenvalue weighted by molar-refractivity contribution is 0.121. The number of anilines is 1. The highest BCUT2D eigenvalue weighted by atomic mass is 32.2. The molecule has 1 aromatic heterocycles. The van der Waals surface area contributed by atoms with Crippen LogP contribution in [0.4, 0.5) is 5.95 Å². The van der Waals surface area contributed by atoms with Crippen LogP contribution in [-0.2, 0) is 4.74 Å². The summed E-state index contributed by atoms with van der Waals surface area (Å²) < 4.78 is 7.91. The summed E-state index contributed by atoms with van der Waals surface area (Å²) in [5.41, 5.74) is 3.94. The van der Waals surface area contributed by atoms with Gasteiger partial charge in [0.2, 0.25) is 5.95 Å². The summed E-state index contributed by atoms with van der Waals surface area (Å²) in [4.78, 5) is 2.32. The first-order chi connectivity index (χ1) is 14.3. The molecule has 5 nitrogen and oxygen atoms in total. The molecule has 0 spiro atoms. The molecule has 1 aliphatic heterocycles. The van der Waals surface area contributed by atoms with Crippen LogP contribution in [0.15, 0.2) is 59.8 Å². The van der Waals surface area contributed by atoms with E-state index in [0.717, 1.165) is 37.4 Å². The van der Waals surface area contributed by atoms with E-state index in [9.17, 15) is 0 Å². The first-order valence-corrected chi connectivity index (χ1v) is 11.2. The molecule has 150 valence electrons. The lowest BCUT2D eigenvalue weighted by Gasteiger charge is -2.28. The van der Waals surface area contributed by atoms with Crippen LogP contribution in [0.5, 0.6) is 0 Å². The molecule has 6 heteroatoms. The van der Waals surface area contributed by atoms with Gasteiger partial charge in [-0.2, -0.15) is 0 Å². The number of benzene rings is 2. The molecule has 0 amide bonds. The number of thioether (sulfide) groups is 1. The van der Waals surface area contributed by atoms with Crippen molar-refractivity contribution in [2.24, 2.45) is 0 Å². The van der Waals surface area contributed by atoms with Crippen molar-refractivity contribution in [3.05, 3.63) is 71.3 Å². The lowest BCUT2D eigenvalue weighted by Crippen LogP contribution is -2.38. The van der Waals surface area contributed by atoms with Crippen LogP contribution in [-0.4, -0.2) is 41.1 Å². The highest BCUT2D eigenvalue weighted by Crippen LogP contribution is 2.46. The number of rotatable bonds is 6. The first-order valence-electron chi connectivity index (χ1n) is 10.4. The van der Waals surface area contributed by atoms with E-state index >= 15 is 0 Å². The molecule has 3 aromatic rings. The molecule has 1 saturated carbocycles. The Bertz CT molecular complexity index is 964. The van der Waals surface area contributed by atoms with Gasteiger partial charge in [-0.05, 0) is 36.5 Å². The molecule has 1 atom stereocenters. The van der Waals surface area contributed by atoms with Gasteiger partial charge in [0, 0.05) is 19.1 Å². The summed E-state index contributed by atoms with van der Waals surface area (Å²) in [6.07, 6.45) is 2.42. The molecule has 5 rings (SSSR count). The van der Waals surface area contributed by atoms with Crippen LogP contribution < -0.4 is 4.90 Å². The number of morpholine rings is 1. The van der Waals surface area contributed by atoms with Crippen molar-refractivity contribution in [3.63, 3.8) is 0 Å². The summed E-state index contributed by atoms with van der Waals surface area (Å²) in [5, 5.41) is 10.5. The van der Waals surface area contributed by atoms with Crippen LogP contribution in [0.3, 0.4) is 0 Å². The largest absolute Gasteiger partial charge is 0.378 e. The second kappa shape index (κ2) is 8.20. The van der Waals surface area contributed by atoms with Gasteiger partial charge in [0.05, 0.1) is 18.5 Å². The minimum Gasteiger partial charge on any atom is -0.378 e. The average molecular weight is 407 g/mol. The van der Waals surface area contributed by atoms with Gasteiger partial charge in [0.15, 0.2) is 5.16 Å². The predicted molar refractivity (Wildman–Crippen MR) is 117 cm³/mol. The monoisotopic (exact) mass is 406 g/mol. The first kappa shape index (κ1) is 18.7. The van der Waals surface area contributed by atoms with E-state index < -0.39 is 0 Å². The zero-order chi connectivity index (χ0) is 19.6. The Morgan fingerprint density at radius 1 is 0.966 bits per heavy atom. The van der Waals surface area contributed by atoms with Crippen molar-refractivity contribution in [3.8, 4) is 0 Å². The summed E-state index contributed by atoms with van der Waals surface area (Å²) in [6.45, 7) is 5.48. The van der Waals surface area contributed by atoms with E-state index in [1.165, 1.54) is 29.5 Å². The Morgan fingerprint density at radius 2 is 1.69 bits per heavy atom. The summed E-state index contributed by atoms with van der Waals surface area (Å²) in [6, 6.07) is 19.9. The molecule has 2 fully saturated rings. The van der Waals surface area contributed by atoms with Gasteiger partial charge in [0.25, 0.3) is 0 Å². The van der Waals surface area contributed by atoms with Crippen molar-refractivity contribution in [2.75, 3.05) is 31.2 Å². The normalized spacial score (nSPS) is 18.0. The summed E-state index contributed by atoms with van der Waals surface area (Å²) in [5.74, 6) is 1.01. The van der Waals surface area contributed by atoms with Crippen molar-refractivity contribution < 1.29 is 4.74 Å². The van der Waals surface area contributed by atoms with E-state index in [2.05, 4.69) is 81.2 Å². The SMILES string of the molecule is Cc1ccccc1[C@@H](Sc1nnc(N2CCOCC2)n1C1CC1)c1ccccc1. The van der Waals surface area contributed by atoms with E-state index in [1.54, 1.807) is 0 Å². The number of hydrogen-bond acceptors (Lipinski definition) is 5. The van der Waals surface area contributed by atoms with Gasteiger partial charge in [-0.25, -0.2) is 0 Å².